The van der Waals surface area contributed by atoms with E-state index in [1.54, 1.807) is 29.0 Å². The van der Waals surface area contributed by atoms with Gasteiger partial charge >= 0.3 is 0 Å². The second-order valence-corrected chi connectivity index (χ2v) is 5.80. The van der Waals surface area contributed by atoms with Crippen LogP contribution >= 0.6 is 21.6 Å². The molecule has 0 aliphatic heterocycles. The van der Waals surface area contributed by atoms with E-state index in [9.17, 15) is 10.1 Å². The highest BCUT2D eigenvalue weighted by Gasteiger charge is 2.13. The molecular weight excluding hydrogens is 230 g/mol. The Hall–Kier alpha value is -0.680. The van der Waals surface area contributed by atoms with Crippen LogP contribution < -0.4 is 0 Å². The molecule has 1 aromatic rings. The van der Waals surface area contributed by atoms with Gasteiger partial charge in [-0.15, -0.1) is 0 Å². The Bertz CT molecular complexity index is 344. The molecule has 0 heterocycles. The number of rotatable bonds is 5. The van der Waals surface area contributed by atoms with Gasteiger partial charge in [0, 0.05) is 11.3 Å². The third-order valence-electron chi connectivity index (χ3n) is 1.94. The van der Waals surface area contributed by atoms with E-state index in [0.29, 0.717) is 5.25 Å². The highest BCUT2D eigenvalue weighted by Crippen LogP contribution is 2.39. The van der Waals surface area contributed by atoms with Crippen molar-refractivity contribution >= 4 is 27.3 Å². The predicted octanol–water partition coefficient (Wildman–Crippen LogP) is 4.13. The molecule has 0 bridgehead atoms. The molecule has 0 N–H and O–H groups in total. The molecule has 3 nitrogen and oxygen atoms in total. The van der Waals surface area contributed by atoms with Crippen LogP contribution in [0.2, 0.25) is 0 Å². The number of nitro groups is 1. The third kappa shape index (κ3) is 3.76. The lowest BCUT2D eigenvalue weighted by Crippen LogP contribution is -1.91. The lowest BCUT2D eigenvalue weighted by molar-refractivity contribution is -0.387. The van der Waals surface area contributed by atoms with Crippen LogP contribution in [0.25, 0.3) is 0 Å². The number of hydrogen-bond acceptors (Lipinski definition) is 4. The van der Waals surface area contributed by atoms with Crippen LogP contribution in [-0.4, -0.2) is 10.2 Å². The van der Waals surface area contributed by atoms with E-state index in [1.807, 2.05) is 6.07 Å². The maximum Gasteiger partial charge on any atom is 0.283 e. The smallest absolute Gasteiger partial charge is 0.258 e. The number of nitro benzene ring substituents is 1. The summed E-state index contributed by atoms with van der Waals surface area (Å²) in [5.74, 6) is 0. The highest BCUT2D eigenvalue weighted by molar-refractivity contribution is 8.77. The van der Waals surface area contributed by atoms with Gasteiger partial charge in [-0.3, -0.25) is 10.1 Å². The summed E-state index contributed by atoms with van der Waals surface area (Å²) in [5, 5.41) is 11.2. The second kappa shape index (κ2) is 6.02. The molecule has 0 fully saturated rings. The first-order valence-electron chi connectivity index (χ1n) is 4.72. The molecule has 15 heavy (non-hydrogen) atoms. The van der Waals surface area contributed by atoms with Crippen LogP contribution in [0.3, 0.4) is 0 Å². The predicted molar refractivity (Wildman–Crippen MR) is 66.3 cm³/mol. The summed E-state index contributed by atoms with van der Waals surface area (Å²) in [6.45, 7) is 4.23. The molecule has 0 radical (unpaired) electrons. The van der Waals surface area contributed by atoms with Crippen LogP contribution in [0.1, 0.15) is 20.3 Å². The monoisotopic (exact) mass is 243 g/mol. The minimum Gasteiger partial charge on any atom is -0.258 e. The van der Waals surface area contributed by atoms with Crippen molar-refractivity contribution in [1.29, 1.82) is 0 Å². The molecule has 0 saturated heterocycles. The minimum absolute atomic E-state index is 0.193. The van der Waals surface area contributed by atoms with Crippen molar-refractivity contribution < 1.29 is 4.92 Å². The summed E-state index contributed by atoms with van der Waals surface area (Å²) < 4.78 is 0. The Morgan fingerprint density at radius 1 is 1.47 bits per heavy atom. The van der Waals surface area contributed by atoms with Gasteiger partial charge in [0.1, 0.15) is 0 Å². The fourth-order valence-electron chi connectivity index (χ4n) is 0.880. The zero-order valence-electron chi connectivity index (χ0n) is 8.67. The van der Waals surface area contributed by atoms with Gasteiger partial charge in [0.2, 0.25) is 0 Å². The Morgan fingerprint density at radius 2 is 2.13 bits per heavy atom. The van der Waals surface area contributed by atoms with Gasteiger partial charge in [0.15, 0.2) is 0 Å². The largest absolute Gasteiger partial charge is 0.283 e. The van der Waals surface area contributed by atoms with Crippen LogP contribution in [-0.2, 0) is 0 Å². The van der Waals surface area contributed by atoms with Crippen molar-refractivity contribution in [2.24, 2.45) is 0 Å². The molecule has 0 aliphatic carbocycles. The molecule has 5 heteroatoms. The van der Waals surface area contributed by atoms with Gasteiger partial charge in [-0.25, -0.2) is 0 Å². The van der Waals surface area contributed by atoms with Crippen molar-refractivity contribution in [2.45, 2.75) is 30.4 Å². The Kier molecular flexibility index (Phi) is 4.98. The lowest BCUT2D eigenvalue weighted by Gasteiger charge is -2.06. The maximum atomic E-state index is 10.7. The standard InChI is InChI=1S/C10H13NO2S2/c1-3-8(2)14-15-10-7-5-4-6-9(10)11(12)13/h4-8H,3H2,1-2H3. The van der Waals surface area contributed by atoms with Gasteiger partial charge in [-0.1, -0.05) is 47.6 Å². The molecule has 0 spiro atoms. The molecule has 82 valence electrons. The maximum absolute atomic E-state index is 10.7. The van der Waals surface area contributed by atoms with Gasteiger partial charge in [-0.05, 0) is 12.5 Å². The number of para-hydroxylation sites is 1. The molecule has 1 aromatic carbocycles. The van der Waals surface area contributed by atoms with E-state index in [4.69, 9.17) is 0 Å². The number of hydrogen-bond donors (Lipinski definition) is 0. The van der Waals surface area contributed by atoms with Crippen molar-refractivity contribution in [1.82, 2.24) is 0 Å². The van der Waals surface area contributed by atoms with E-state index in [1.165, 1.54) is 10.8 Å². The Morgan fingerprint density at radius 3 is 2.73 bits per heavy atom. The zero-order valence-corrected chi connectivity index (χ0v) is 10.3. The molecule has 0 saturated carbocycles. The fourth-order valence-corrected chi connectivity index (χ4v) is 3.28. The van der Waals surface area contributed by atoms with Crippen LogP contribution in [0.15, 0.2) is 29.2 Å². The van der Waals surface area contributed by atoms with Gasteiger partial charge in [0.25, 0.3) is 5.69 Å². The zero-order chi connectivity index (χ0) is 11.3. The number of nitrogens with zero attached hydrogens (tertiary/aromatic N) is 1. The molecule has 0 aliphatic rings. The number of benzene rings is 1. The van der Waals surface area contributed by atoms with Gasteiger partial charge in [-0.2, -0.15) is 0 Å². The molecule has 0 amide bonds. The van der Waals surface area contributed by atoms with E-state index < -0.39 is 0 Å². The Labute approximate surface area is 97.2 Å². The third-order valence-corrected chi connectivity index (χ3v) is 5.03. The lowest BCUT2D eigenvalue weighted by atomic mass is 10.3. The SMILES string of the molecule is CCC(C)SSc1ccccc1[N+](=O)[O-]. The fraction of sp³-hybridized carbons (Fsp3) is 0.400. The summed E-state index contributed by atoms with van der Waals surface area (Å²) in [6.07, 6.45) is 1.07. The molecular formula is C10H13NO2S2. The molecule has 1 atom stereocenters. The summed E-state index contributed by atoms with van der Waals surface area (Å²) >= 11 is 0. The van der Waals surface area contributed by atoms with Gasteiger partial charge in [0.05, 0.1) is 9.82 Å². The average molecular weight is 243 g/mol. The second-order valence-electron chi connectivity index (χ2n) is 3.12. The molecule has 1 rings (SSSR count). The molecule has 1 unspecified atom stereocenters. The summed E-state index contributed by atoms with van der Waals surface area (Å²) in [6, 6.07) is 6.85. The first-order valence-corrected chi connectivity index (χ1v) is 6.93. The van der Waals surface area contributed by atoms with Gasteiger partial charge < -0.3 is 0 Å². The topological polar surface area (TPSA) is 43.1 Å². The highest BCUT2D eigenvalue weighted by atomic mass is 33.1. The van der Waals surface area contributed by atoms with E-state index in [2.05, 4.69) is 13.8 Å². The van der Waals surface area contributed by atoms with Crippen LogP contribution in [0.4, 0.5) is 5.69 Å². The van der Waals surface area contributed by atoms with E-state index >= 15 is 0 Å². The van der Waals surface area contributed by atoms with Crippen molar-refractivity contribution in [2.75, 3.05) is 0 Å². The van der Waals surface area contributed by atoms with Crippen LogP contribution in [0, 0.1) is 10.1 Å². The van der Waals surface area contributed by atoms with Crippen molar-refractivity contribution in [3.63, 3.8) is 0 Å². The summed E-state index contributed by atoms with van der Waals surface area (Å²) in [5.41, 5.74) is 0.193. The van der Waals surface area contributed by atoms with Crippen LogP contribution in [0.5, 0.6) is 0 Å². The first kappa shape index (κ1) is 12.4. The van der Waals surface area contributed by atoms with Crippen molar-refractivity contribution in [3.8, 4) is 0 Å². The summed E-state index contributed by atoms with van der Waals surface area (Å²) in [7, 11) is 3.16. The summed E-state index contributed by atoms with van der Waals surface area (Å²) in [4.78, 5) is 11.1. The van der Waals surface area contributed by atoms with E-state index in [-0.39, 0.29) is 10.6 Å². The normalized spacial score (nSPS) is 12.4. The van der Waals surface area contributed by atoms with E-state index in [0.717, 1.165) is 11.3 Å². The average Bonchev–Trinajstić information content (AvgIpc) is 2.26. The Balaban J connectivity index is 2.72. The minimum atomic E-state index is -0.334. The molecule has 0 aromatic heterocycles. The van der Waals surface area contributed by atoms with Crippen molar-refractivity contribution in [3.05, 3.63) is 34.4 Å². The quantitative estimate of drug-likeness (QED) is 0.443. The first-order chi connectivity index (χ1) is 7.15.